The van der Waals surface area contributed by atoms with E-state index in [1.165, 1.54) is 0 Å². The van der Waals surface area contributed by atoms with Gasteiger partial charge in [-0.25, -0.2) is 9.97 Å². The van der Waals surface area contributed by atoms with E-state index in [0.29, 0.717) is 0 Å². The second kappa shape index (κ2) is 2.54. The predicted octanol–water partition coefficient (Wildman–Crippen LogP) is 1.68. The molecule has 0 aliphatic carbocycles. The summed E-state index contributed by atoms with van der Waals surface area (Å²) in [6.45, 7) is 0. The van der Waals surface area contributed by atoms with Crippen LogP contribution >= 0.6 is 11.8 Å². The van der Waals surface area contributed by atoms with Gasteiger partial charge in [0, 0.05) is 0 Å². The molecule has 3 nitrogen and oxygen atoms in total. The van der Waals surface area contributed by atoms with Gasteiger partial charge in [0.05, 0.1) is 28.6 Å². The summed E-state index contributed by atoms with van der Waals surface area (Å²) in [5.74, 6) is 0. The first kappa shape index (κ1) is 6.67. The van der Waals surface area contributed by atoms with Crippen LogP contribution in [0.15, 0.2) is 23.6 Å². The molecular weight excluding hydrogens is 158 g/mol. The van der Waals surface area contributed by atoms with Gasteiger partial charge in [0.2, 0.25) is 0 Å². The minimum atomic E-state index is 0.976. The number of H-pyrrole nitrogens is 1. The molecule has 0 unspecified atom stereocenters. The number of fused-ring (bicyclic) bond motifs is 1. The lowest BCUT2D eigenvalue weighted by molar-refractivity contribution is 1.15. The molecule has 0 atom stereocenters. The van der Waals surface area contributed by atoms with Gasteiger partial charge in [-0.05, 0) is 12.3 Å². The predicted molar refractivity (Wildman–Crippen MR) is 45.7 cm³/mol. The number of aromatic amines is 1. The number of hydrogen-bond donors (Lipinski definition) is 1. The number of aromatic nitrogens is 3. The fourth-order valence-corrected chi connectivity index (χ4v) is 1.31. The van der Waals surface area contributed by atoms with Gasteiger partial charge in [-0.15, -0.1) is 11.8 Å². The van der Waals surface area contributed by atoms with Crippen LogP contribution in [0.3, 0.4) is 0 Å². The molecule has 0 aliphatic heterocycles. The highest BCUT2D eigenvalue weighted by molar-refractivity contribution is 7.98. The minimum Gasteiger partial charge on any atom is -0.343 e. The van der Waals surface area contributed by atoms with Crippen LogP contribution in [0.25, 0.3) is 11.0 Å². The average molecular weight is 165 g/mol. The van der Waals surface area contributed by atoms with Crippen molar-refractivity contribution in [3.05, 3.63) is 18.6 Å². The molecule has 0 aliphatic rings. The van der Waals surface area contributed by atoms with Crippen LogP contribution in [0.2, 0.25) is 0 Å². The van der Waals surface area contributed by atoms with Gasteiger partial charge in [-0.2, -0.15) is 0 Å². The summed E-state index contributed by atoms with van der Waals surface area (Å²) in [7, 11) is 0. The lowest BCUT2D eigenvalue weighted by atomic mass is 10.4. The topological polar surface area (TPSA) is 41.6 Å². The first-order chi connectivity index (χ1) is 5.40. The first-order valence-electron chi connectivity index (χ1n) is 3.23. The number of rotatable bonds is 1. The van der Waals surface area contributed by atoms with Crippen molar-refractivity contribution in [3.63, 3.8) is 0 Å². The standard InChI is InChI=1S/C7H7N3S/c1-11-7-2-5-6(3-8-7)10-4-9-5/h2-4H,1H3,(H,9,10). The molecule has 2 rings (SSSR count). The van der Waals surface area contributed by atoms with E-state index in [2.05, 4.69) is 15.0 Å². The van der Waals surface area contributed by atoms with Crippen molar-refractivity contribution in [1.82, 2.24) is 15.0 Å². The fourth-order valence-electron chi connectivity index (χ4n) is 0.927. The molecule has 0 spiro atoms. The SMILES string of the molecule is CSc1cc2nc[nH]c2cn1. The van der Waals surface area contributed by atoms with E-state index in [-0.39, 0.29) is 0 Å². The summed E-state index contributed by atoms with van der Waals surface area (Å²) in [6.07, 6.45) is 5.48. The van der Waals surface area contributed by atoms with Gasteiger partial charge < -0.3 is 4.98 Å². The van der Waals surface area contributed by atoms with Crippen molar-refractivity contribution in [1.29, 1.82) is 0 Å². The zero-order valence-corrected chi connectivity index (χ0v) is 6.85. The Bertz CT molecular complexity index is 368. The van der Waals surface area contributed by atoms with E-state index in [9.17, 15) is 0 Å². The van der Waals surface area contributed by atoms with E-state index < -0.39 is 0 Å². The van der Waals surface area contributed by atoms with E-state index in [1.54, 1.807) is 24.3 Å². The molecule has 2 heterocycles. The molecule has 2 aromatic heterocycles. The molecule has 56 valence electrons. The van der Waals surface area contributed by atoms with Crippen molar-refractivity contribution in [2.45, 2.75) is 5.03 Å². The Morgan fingerprint density at radius 3 is 3.18 bits per heavy atom. The number of nitrogens with zero attached hydrogens (tertiary/aromatic N) is 2. The molecule has 4 heteroatoms. The summed E-state index contributed by atoms with van der Waals surface area (Å²) in [6, 6.07) is 1.97. The maximum atomic E-state index is 4.19. The van der Waals surface area contributed by atoms with Crippen LogP contribution < -0.4 is 0 Å². The molecule has 0 radical (unpaired) electrons. The van der Waals surface area contributed by atoms with E-state index in [1.807, 2.05) is 12.3 Å². The Morgan fingerprint density at radius 2 is 2.36 bits per heavy atom. The maximum absolute atomic E-state index is 4.19. The Hall–Kier alpha value is -1.03. The second-order valence-electron chi connectivity index (χ2n) is 2.15. The monoisotopic (exact) mass is 165 g/mol. The summed E-state index contributed by atoms with van der Waals surface area (Å²) < 4.78 is 0. The molecule has 0 amide bonds. The Kier molecular flexibility index (Phi) is 1.54. The van der Waals surface area contributed by atoms with Gasteiger partial charge in [-0.1, -0.05) is 0 Å². The van der Waals surface area contributed by atoms with Crippen molar-refractivity contribution < 1.29 is 0 Å². The van der Waals surface area contributed by atoms with Crippen molar-refractivity contribution in [2.24, 2.45) is 0 Å². The quantitative estimate of drug-likeness (QED) is 0.654. The van der Waals surface area contributed by atoms with E-state index >= 15 is 0 Å². The molecular formula is C7H7N3S. The van der Waals surface area contributed by atoms with Crippen molar-refractivity contribution >= 4 is 22.8 Å². The molecule has 0 bridgehead atoms. The van der Waals surface area contributed by atoms with Gasteiger partial charge in [0.15, 0.2) is 0 Å². The Labute approximate surface area is 68.2 Å². The number of hydrogen-bond acceptors (Lipinski definition) is 3. The number of pyridine rings is 1. The normalized spacial score (nSPS) is 10.6. The Balaban J connectivity index is 2.67. The lowest BCUT2D eigenvalue weighted by Crippen LogP contribution is -1.77. The molecule has 2 aromatic rings. The van der Waals surface area contributed by atoms with Crippen LogP contribution in [0, 0.1) is 0 Å². The molecule has 0 saturated heterocycles. The summed E-state index contributed by atoms with van der Waals surface area (Å²) in [5.41, 5.74) is 1.96. The van der Waals surface area contributed by atoms with Crippen molar-refractivity contribution in [2.75, 3.05) is 6.26 Å². The molecule has 0 saturated carbocycles. The summed E-state index contributed by atoms with van der Waals surface area (Å²) in [4.78, 5) is 11.3. The number of thioether (sulfide) groups is 1. The van der Waals surface area contributed by atoms with Gasteiger partial charge in [0.1, 0.15) is 0 Å². The van der Waals surface area contributed by atoms with Crippen LogP contribution in [0.4, 0.5) is 0 Å². The van der Waals surface area contributed by atoms with Gasteiger partial charge in [-0.3, -0.25) is 0 Å². The number of imidazole rings is 1. The number of nitrogens with one attached hydrogen (secondary N) is 1. The third-order valence-electron chi connectivity index (χ3n) is 1.49. The molecule has 0 aromatic carbocycles. The van der Waals surface area contributed by atoms with E-state index in [4.69, 9.17) is 0 Å². The highest BCUT2D eigenvalue weighted by atomic mass is 32.2. The third kappa shape index (κ3) is 1.09. The van der Waals surface area contributed by atoms with Crippen molar-refractivity contribution in [3.8, 4) is 0 Å². The highest BCUT2D eigenvalue weighted by Gasteiger charge is 1.96. The highest BCUT2D eigenvalue weighted by Crippen LogP contribution is 2.15. The Morgan fingerprint density at radius 1 is 1.45 bits per heavy atom. The summed E-state index contributed by atoms with van der Waals surface area (Å²) in [5, 5.41) is 1.00. The smallest absolute Gasteiger partial charge is 0.0980 e. The average Bonchev–Trinajstić information content (AvgIpc) is 2.50. The molecule has 1 N–H and O–H groups in total. The molecule has 11 heavy (non-hydrogen) atoms. The van der Waals surface area contributed by atoms with Crippen LogP contribution in [-0.2, 0) is 0 Å². The third-order valence-corrected chi connectivity index (χ3v) is 2.13. The van der Waals surface area contributed by atoms with Crippen LogP contribution in [-0.4, -0.2) is 21.2 Å². The van der Waals surface area contributed by atoms with Gasteiger partial charge in [0.25, 0.3) is 0 Å². The summed E-state index contributed by atoms with van der Waals surface area (Å²) >= 11 is 1.62. The van der Waals surface area contributed by atoms with E-state index in [0.717, 1.165) is 16.1 Å². The zero-order valence-electron chi connectivity index (χ0n) is 6.03. The van der Waals surface area contributed by atoms with Crippen LogP contribution in [0.5, 0.6) is 0 Å². The largest absolute Gasteiger partial charge is 0.343 e. The van der Waals surface area contributed by atoms with Gasteiger partial charge >= 0.3 is 0 Å². The maximum Gasteiger partial charge on any atom is 0.0980 e. The van der Waals surface area contributed by atoms with Crippen LogP contribution in [0.1, 0.15) is 0 Å². The molecule has 0 fully saturated rings. The lowest BCUT2D eigenvalue weighted by Gasteiger charge is -1.92. The fraction of sp³-hybridized carbons (Fsp3) is 0.143. The zero-order chi connectivity index (χ0) is 7.68. The second-order valence-corrected chi connectivity index (χ2v) is 2.97. The minimum absolute atomic E-state index is 0.976. The first-order valence-corrected chi connectivity index (χ1v) is 4.46.